The van der Waals surface area contributed by atoms with Crippen molar-refractivity contribution in [3.63, 3.8) is 0 Å². The molecule has 12 heteroatoms. The molecule has 1 amide bonds. The fourth-order valence-electron chi connectivity index (χ4n) is 4.57. The van der Waals surface area contributed by atoms with E-state index in [-0.39, 0.29) is 26.3 Å². The molecule has 1 aromatic heterocycles. The molecular weight excluding hydrogens is 534 g/mol. The normalized spacial score (nSPS) is 13.7. The first-order chi connectivity index (χ1) is 19.9. The number of ether oxygens (including phenoxy) is 2. The Hall–Kier alpha value is -4.42. The monoisotopic (exact) mass is 564 g/mol. The molecule has 0 radical (unpaired) electrons. The van der Waals surface area contributed by atoms with Gasteiger partial charge in [0.2, 0.25) is 18.5 Å². The van der Waals surface area contributed by atoms with E-state index in [0.717, 1.165) is 22.8 Å². The molecule has 2 unspecified atom stereocenters. The summed E-state index contributed by atoms with van der Waals surface area (Å²) in [6.45, 7) is 2.57. The third-order valence-electron chi connectivity index (χ3n) is 6.64. The van der Waals surface area contributed by atoms with Crippen LogP contribution in [-0.4, -0.2) is 56.7 Å². The number of aliphatic hydroxyl groups excluding tert-OH is 1. The minimum atomic E-state index is -1.06. The van der Waals surface area contributed by atoms with E-state index in [2.05, 4.69) is 39.0 Å². The van der Waals surface area contributed by atoms with E-state index in [0.29, 0.717) is 35.0 Å². The highest BCUT2D eigenvalue weighted by Crippen LogP contribution is 2.34. The van der Waals surface area contributed by atoms with Crippen molar-refractivity contribution in [1.82, 2.24) is 30.8 Å². The lowest BCUT2D eigenvalue weighted by Crippen LogP contribution is -2.49. The number of benzene rings is 3. The van der Waals surface area contributed by atoms with Crippen LogP contribution in [0.15, 0.2) is 60.7 Å². The lowest BCUT2D eigenvalue weighted by atomic mass is 10.0. The molecule has 1 aliphatic rings. The molecule has 41 heavy (non-hydrogen) atoms. The molecule has 4 aromatic rings. The highest BCUT2D eigenvalue weighted by Gasteiger charge is 2.23. The molecule has 0 aliphatic carbocycles. The van der Waals surface area contributed by atoms with Crippen LogP contribution in [0.1, 0.15) is 23.6 Å². The van der Waals surface area contributed by atoms with Gasteiger partial charge in [-0.15, -0.1) is 10.2 Å². The second-order valence-electron chi connectivity index (χ2n) is 9.74. The summed E-state index contributed by atoms with van der Waals surface area (Å²) in [7, 11) is 0. The van der Waals surface area contributed by atoms with Crippen molar-refractivity contribution in [2.45, 2.75) is 45.0 Å². The average molecular weight is 565 g/mol. The van der Waals surface area contributed by atoms with Crippen LogP contribution in [0, 0.1) is 11.6 Å². The summed E-state index contributed by atoms with van der Waals surface area (Å²) in [5, 5.41) is 29.2. The zero-order chi connectivity index (χ0) is 28.8. The number of nitrogens with zero attached hydrogens (tertiary/aromatic N) is 4. The number of carbonyl (C=O) groups excluding carboxylic acids is 1. The summed E-state index contributed by atoms with van der Waals surface area (Å²) in [6.07, 6.45) is -0.150. The Bertz CT molecular complexity index is 1490. The van der Waals surface area contributed by atoms with E-state index < -0.39 is 29.7 Å². The van der Waals surface area contributed by atoms with Crippen LogP contribution in [-0.2, 0) is 30.7 Å². The molecule has 2 atom stereocenters. The Morgan fingerprint density at radius 2 is 1.80 bits per heavy atom. The first-order valence-corrected chi connectivity index (χ1v) is 13.2. The number of carbonyl (C=O) groups is 1. The Balaban J connectivity index is 1.24. The van der Waals surface area contributed by atoms with Crippen molar-refractivity contribution >= 4 is 5.91 Å². The number of fused-ring (bicyclic) bond motifs is 1. The van der Waals surface area contributed by atoms with Crippen LogP contribution in [0.25, 0.3) is 11.4 Å². The standard InChI is InChI=1S/C29H30F2N6O4/c1-2-18-4-3-5-19(8-18)14-32-15-25(38)24(11-20-9-22(30)13-23(31)10-20)33-28(39)16-37-35-29(34-36-37)21-6-7-26-27(12-21)41-17-40-26/h3-10,12-13,24-25,32,38H,2,11,14-17H2,1H3,(H,33,39). The zero-order valence-electron chi connectivity index (χ0n) is 22.4. The summed E-state index contributed by atoms with van der Waals surface area (Å²) in [5.74, 6) is -0.510. The molecule has 0 spiro atoms. The minimum absolute atomic E-state index is 0.00180. The summed E-state index contributed by atoms with van der Waals surface area (Å²) >= 11 is 0. The van der Waals surface area contributed by atoms with Gasteiger partial charge >= 0.3 is 0 Å². The van der Waals surface area contributed by atoms with Gasteiger partial charge in [0.1, 0.15) is 18.2 Å². The number of amides is 1. The van der Waals surface area contributed by atoms with Crippen LogP contribution in [0.5, 0.6) is 11.5 Å². The van der Waals surface area contributed by atoms with Gasteiger partial charge in [-0.25, -0.2) is 8.78 Å². The van der Waals surface area contributed by atoms with Crippen LogP contribution >= 0.6 is 0 Å². The Labute approximate surface area is 235 Å². The second-order valence-corrected chi connectivity index (χ2v) is 9.74. The molecule has 2 heterocycles. The predicted molar refractivity (Wildman–Crippen MR) is 145 cm³/mol. The Morgan fingerprint density at radius 1 is 1.02 bits per heavy atom. The lowest BCUT2D eigenvalue weighted by molar-refractivity contribution is -0.123. The van der Waals surface area contributed by atoms with E-state index in [4.69, 9.17) is 9.47 Å². The smallest absolute Gasteiger partial charge is 0.243 e. The highest BCUT2D eigenvalue weighted by atomic mass is 19.1. The quantitative estimate of drug-likeness (QED) is 0.240. The molecule has 0 saturated carbocycles. The Morgan fingerprint density at radius 3 is 2.61 bits per heavy atom. The number of nitrogens with one attached hydrogen (secondary N) is 2. The molecule has 1 aliphatic heterocycles. The van der Waals surface area contributed by atoms with Gasteiger partial charge in [0, 0.05) is 24.7 Å². The van der Waals surface area contributed by atoms with Crippen LogP contribution in [0.2, 0.25) is 0 Å². The van der Waals surface area contributed by atoms with E-state index in [1.54, 1.807) is 18.2 Å². The van der Waals surface area contributed by atoms with Crippen molar-refractivity contribution in [2.75, 3.05) is 13.3 Å². The fourth-order valence-corrected chi connectivity index (χ4v) is 4.57. The number of aliphatic hydroxyl groups is 1. The van der Waals surface area contributed by atoms with Gasteiger partial charge in [-0.1, -0.05) is 31.2 Å². The van der Waals surface area contributed by atoms with Gasteiger partial charge in [-0.3, -0.25) is 4.79 Å². The maximum absolute atomic E-state index is 13.9. The van der Waals surface area contributed by atoms with Gasteiger partial charge in [-0.05, 0) is 65.1 Å². The van der Waals surface area contributed by atoms with E-state index in [9.17, 15) is 18.7 Å². The molecular formula is C29H30F2N6O4. The number of aryl methyl sites for hydroxylation is 1. The van der Waals surface area contributed by atoms with Crippen molar-refractivity contribution in [1.29, 1.82) is 0 Å². The number of rotatable bonds is 12. The van der Waals surface area contributed by atoms with Gasteiger partial charge in [0.05, 0.1) is 12.1 Å². The van der Waals surface area contributed by atoms with E-state index in [1.807, 2.05) is 18.2 Å². The third kappa shape index (κ3) is 7.41. The Kier molecular flexibility index (Phi) is 8.80. The minimum Gasteiger partial charge on any atom is -0.454 e. The summed E-state index contributed by atoms with van der Waals surface area (Å²) in [5.41, 5.74) is 3.19. The number of halogens is 2. The first kappa shape index (κ1) is 28.1. The van der Waals surface area contributed by atoms with Gasteiger partial charge in [0.15, 0.2) is 11.5 Å². The molecule has 3 aromatic carbocycles. The first-order valence-electron chi connectivity index (χ1n) is 13.2. The maximum atomic E-state index is 13.9. The molecule has 5 rings (SSSR count). The topological polar surface area (TPSA) is 123 Å². The second kappa shape index (κ2) is 12.8. The molecule has 10 nitrogen and oxygen atoms in total. The van der Waals surface area contributed by atoms with Crippen molar-refractivity contribution in [3.05, 3.63) is 89.0 Å². The number of aromatic nitrogens is 4. The maximum Gasteiger partial charge on any atom is 0.243 e. The SMILES string of the molecule is CCc1cccc(CNCC(O)C(Cc2cc(F)cc(F)c2)NC(=O)Cn2nnc(-c3ccc4c(c3)OCO4)n2)c1. The summed E-state index contributed by atoms with van der Waals surface area (Å²) < 4.78 is 38.4. The van der Waals surface area contributed by atoms with Crippen LogP contribution in [0.4, 0.5) is 8.78 Å². The number of hydrogen-bond acceptors (Lipinski definition) is 8. The van der Waals surface area contributed by atoms with Crippen molar-refractivity contribution < 1.29 is 28.2 Å². The molecule has 0 fully saturated rings. The fraction of sp³-hybridized carbons (Fsp3) is 0.310. The highest BCUT2D eigenvalue weighted by molar-refractivity contribution is 5.76. The van der Waals surface area contributed by atoms with Crippen LogP contribution < -0.4 is 20.1 Å². The number of tetrazole rings is 1. The predicted octanol–water partition coefficient (Wildman–Crippen LogP) is 2.79. The number of hydrogen-bond donors (Lipinski definition) is 3. The van der Waals surface area contributed by atoms with E-state index >= 15 is 0 Å². The van der Waals surface area contributed by atoms with E-state index in [1.165, 1.54) is 17.7 Å². The molecule has 3 N–H and O–H groups in total. The van der Waals surface area contributed by atoms with Gasteiger partial charge < -0.3 is 25.2 Å². The largest absolute Gasteiger partial charge is 0.454 e. The summed E-state index contributed by atoms with van der Waals surface area (Å²) in [4.78, 5) is 14.1. The average Bonchev–Trinajstić information content (AvgIpc) is 3.61. The molecule has 214 valence electrons. The third-order valence-corrected chi connectivity index (χ3v) is 6.64. The van der Waals surface area contributed by atoms with Gasteiger partial charge in [-0.2, -0.15) is 4.80 Å². The van der Waals surface area contributed by atoms with Crippen molar-refractivity contribution in [3.8, 4) is 22.9 Å². The molecule has 0 bridgehead atoms. The van der Waals surface area contributed by atoms with Gasteiger partial charge in [0.25, 0.3) is 0 Å². The zero-order valence-corrected chi connectivity index (χ0v) is 22.4. The molecule has 0 saturated heterocycles. The summed E-state index contributed by atoms with van der Waals surface area (Å²) in [6, 6.07) is 15.6. The lowest BCUT2D eigenvalue weighted by Gasteiger charge is -2.25. The van der Waals surface area contributed by atoms with Crippen molar-refractivity contribution in [2.24, 2.45) is 0 Å². The van der Waals surface area contributed by atoms with Crippen LogP contribution in [0.3, 0.4) is 0 Å².